The van der Waals surface area contributed by atoms with Gasteiger partial charge in [0.1, 0.15) is 17.4 Å². The topological polar surface area (TPSA) is 44.8 Å². The summed E-state index contributed by atoms with van der Waals surface area (Å²) in [6.07, 6.45) is 5.47. The molecule has 0 unspecified atom stereocenters. The van der Waals surface area contributed by atoms with Gasteiger partial charge in [0, 0.05) is 18.7 Å². The lowest BCUT2D eigenvalue weighted by Gasteiger charge is -2.27. The number of aromatic amines is 1. The molecule has 1 aliphatic heterocycles. The Bertz CT molecular complexity index is 1050. The van der Waals surface area contributed by atoms with E-state index in [1.807, 2.05) is 6.07 Å². The Morgan fingerprint density at radius 2 is 1.39 bits per heavy atom. The van der Waals surface area contributed by atoms with E-state index >= 15 is 0 Å². The van der Waals surface area contributed by atoms with Gasteiger partial charge in [0.15, 0.2) is 5.82 Å². The van der Waals surface area contributed by atoms with Gasteiger partial charge >= 0.3 is 0 Å². The van der Waals surface area contributed by atoms with Crippen LogP contribution in [-0.2, 0) is 0 Å². The molecule has 0 aliphatic carbocycles. The third kappa shape index (κ3) is 3.25. The molecular formula is C23H23ClN4. The van der Waals surface area contributed by atoms with Crippen molar-refractivity contribution in [3.8, 4) is 22.4 Å². The second-order valence-electron chi connectivity index (χ2n) is 7.08. The van der Waals surface area contributed by atoms with Gasteiger partial charge in [0.05, 0.1) is 5.69 Å². The summed E-state index contributed by atoms with van der Waals surface area (Å²) >= 11 is 0. The van der Waals surface area contributed by atoms with Crippen LogP contribution in [-0.4, -0.2) is 28.0 Å². The monoisotopic (exact) mass is 390 g/mol. The fraction of sp³-hybridized carbons (Fsp3) is 0.217. The van der Waals surface area contributed by atoms with Crippen LogP contribution < -0.4 is 4.90 Å². The van der Waals surface area contributed by atoms with Gasteiger partial charge in [0.2, 0.25) is 0 Å². The van der Waals surface area contributed by atoms with Crippen molar-refractivity contribution in [1.29, 1.82) is 0 Å². The first kappa shape index (κ1) is 18.5. The number of H-pyrrole nitrogens is 1. The summed E-state index contributed by atoms with van der Waals surface area (Å²) in [7, 11) is 0. The Morgan fingerprint density at radius 1 is 0.750 bits per heavy atom. The highest BCUT2D eigenvalue weighted by Crippen LogP contribution is 2.39. The van der Waals surface area contributed by atoms with Crippen LogP contribution in [0.4, 0.5) is 5.82 Å². The van der Waals surface area contributed by atoms with Crippen molar-refractivity contribution in [3.63, 3.8) is 0 Å². The predicted octanol–water partition coefficient (Wildman–Crippen LogP) is 5.70. The zero-order valence-electron chi connectivity index (χ0n) is 15.6. The summed E-state index contributed by atoms with van der Waals surface area (Å²) in [5.41, 5.74) is 6.63. The molecule has 0 spiro atoms. The lowest BCUT2D eigenvalue weighted by Crippen LogP contribution is -2.30. The number of hydrogen-bond donors (Lipinski definition) is 1. The Kier molecular flexibility index (Phi) is 5.31. The maximum absolute atomic E-state index is 4.69. The highest BCUT2D eigenvalue weighted by Gasteiger charge is 2.22. The molecule has 4 aromatic rings. The average molecular weight is 391 g/mol. The van der Waals surface area contributed by atoms with E-state index in [9.17, 15) is 0 Å². The van der Waals surface area contributed by atoms with Crippen LogP contribution in [0.25, 0.3) is 33.4 Å². The number of nitrogens with zero attached hydrogens (tertiary/aromatic N) is 3. The largest absolute Gasteiger partial charge is 0.355 e. The maximum atomic E-state index is 4.69. The number of piperidine rings is 1. The zero-order chi connectivity index (χ0) is 18.1. The SMILES string of the molecule is Cl.c1ccc(-c2[nH]c3c(N4CCCCC4)ncnc3c2-c2ccccc2)cc1. The predicted molar refractivity (Wildman–Crippen MR) is 118 cm³/mol. The summed E-state index contributed by atoms with van der Waals surface area (Å²) in [6.45, 7) is 2.12. The zero-order valence-corrected chi connectivity index (χ0v) is 16.5. The molecule has 2 aromatic carbocycles. The smallest absolute Gasteiger partial charge is 0.156 e. The van der Waals surface area contributed by atoms with E-state index in [1.165, 1.54) is 30.4 Å². The van der Waals surface area contributed by atoms with Gasteiger partial charge in [-0.1, -0.05) is 60.7 Å². The molecule has 0 radical (unpaired) electrons. The van der Waals surface area contributed by atoms with Gasteiger partial charge < -0.3 is 9.88 Å². The number of halogens is 1. The second-order valence-corrected chi connectivity index (χ2v) is 7.08. The second kappa shape index (κ2) is 8.03. The highest BCUT2D eigenvalue weighted by molar-refractivity contribution is 6.05. The van der Waals surface area contributed by atoms with E-state index in [4.69, 9.17) is 4.98 Å². The van der Waals surface area contributed by atoms with Gasteiger partial charge in [-0.05, 0) is 30.4 Å². The van der Waals surface area contributed by atoms with Crippen LogP contribution in [0.1, 0.15) is 19.3 Å². The van der Waals surface area contributed by atoms with Crippen LogP contribution in [0.15, 0.2) is 67.0 Å². The van der Waals surface area contributed by atoms with E-state index in [1.54, 1.807) is 6.33 Å². The van der Waals surface area contributed by atoms with Crippen molar-refractivity contribution >= 4 is 29.3 Å². The number of hydrogen-bond acceptors (Lipinski definition) is 3. The summed E-state index contributed by atoms with van der Waals surface area (Å²) in [4.78, 5) is 15.4. The summed E-state index contributed by atoms with van der Waals surface area (Å²) in [6, 6.07) is 21.0. The molecule has 5 rings (SSSR count). The van der Waals surface area contributed by atoms with Crippen molar-refractivity contribution in [2.75, 3.05) is 18.0 Å². The first-order valence-electron chi connectivity index (χ1n) is 9.64. The Labute approximate surface area is 171 Å². The number of aromatic nitrogens is 3. The molecule has 0 amide bonds. The van der Waals surface area contributed by atoms with Crippen molar-refractivity contribution in [3.05, 3.63) is 67.0 Å². The highest BCUT2D eigenvalue weighted by atomic mass is 35.5. The first-order valence-corrected chi connectivity index (χ1v) is 9.64. The third-order valence-electron chi connectivity index (χ3n) is 5.34. The average Bonchev–Trinajstić information content (AvgIpc) is 3.15. The third-order valence-corrected chi connectivity index (χ3v) is 5.34. The number of anilines is 1. The Balaban J connectivity index is 0.00000192. The van der Waals surface area contributed by atoms with Crippen LogP contribution in [0.2, 0.25) is 0 Å². The lowest BCUT2D eigenvalue weighted by molar-refractivity contribution is 0.574. The minimum absolute atomic E-state index is 0. The lowest BCUT2D eigenvalue weighted by atomic mass is 10.0. The molecule has 5 heteroatoms. The Hall–Kier alpha value is -2.85. The molecule has 1 fully saturated rings. The summed E-state index contributed by atoms with van der Waals surface area (Å²) < 4.78 is 0. The quantitative estimate of drug-likeness (QED) is 0.487. The fourth-order valence-corrected chi connectivity index (χ4v) is 4.04. The van der Waals surface area contributed by atoms with Crippen molar-refractivity contribution < 1.29 is 0 Å². The van der Waals surface area contributed by atoms with Crippen LogP contribution in [0.3, 0.4) is 0 Å². The molecule has 4 nitrogen and oxygen atoms in total. The molecular weight excluding hydrogens is 368 g/mol. The van der Waals surface area contributed by atoms with Crippen molar-refractivity contribution in [2.24, 2.45) is 0 Å². The van der Waals surface area contributed by atoms with E-state index in [2.05, 4.69) is 69.5 Å². The standard InChI is InChI=1S/C23H22N4.ClH/c1-4-10-17(11-5-1)19-20(18-12-6-2-7-13-18)26-22-21(19)24-16-25-23(22)27-14-8-3-9-15-27;/h1-2,4-7,10-13,16,26H,3,8-9,14-15H2;1H. The molecule has 1 N–H and O–H groups in total. The fourth-order valence-electron chi connectivity index (χ4n) is 4.04. The molecule has 3 heterocycles. The van der Waals surface area contributed by atoms with Gasteiger partial charge in [-0.3, -0.25) is 0 Å². The van der Waals surface area contributed by atoms with Gasteiger partial charge in [-0.25, -0.2) is 9.97 Å². The molecule has 0 saturated carbocycles. The minimum Gasteiger partial charge on any atom is -0.355 e. The van der Waals surface area contributed by atoms with Crippen molar-refractivity contribution in [2.45, 2.75) is 19.3 Å². The van der Waals surface area contributed by atoms with Crippen LogP contribution >= 0.6 is 12.4 Å². The minimum atomic E-state index is 0. The van der Waals surface area contributed by atoms with Crippen LogP contribution in [0, 0.1) is 0 Å². The number of nitrogens with one attached hydrogen (secondary N) is 1. The number of fused-ring (bicyclic) bond motifs is 1. The van der Waals surface area contributed by atoms with Gasteiger partial charge in [-0.2, -0.15) is 0 Å². The van der Waals surface area contributed by atoms with E-state index in [0.29, 0.717) is 0 Å². The summed E-state index contributed by atoms with van der Waals surface area (Å²) in [5.74, 6) is 1.03. The molecule has 28 heavy (non-hydrogen) atoms. The van der Waals surface area contributed by atoms with Gasteiger partial charge in [-0.15, -0.1) is 12.4 Å². The molecule has 0 bridgehead atoms. The van der Waals surface area contributed by atoms with Crippen LogP contribution in [0.5, 0.6) is 0 Å². The van der Waals surface area contributed by atoms with E-state index in [0.717, 1.165) is 41.2 Å². The van der Waals surface area contributed by atoms with E-state index in [-0.39, 0.29) is 12.4 Å². The van der Waals surface area contributed by atoms with Crippen molar-refractivity contribution in [1.82, 2.24) is 15.0 Å². The van der Waals surface area contributed by atoms with E-state index < -0.39 is 0 Å². The molecule has 1 saturated heterocycles. The Morgan fingerprint density at radius 3 is 2.07 bits per heavy atom. The maximum Gasteiger partial charge on any atom is 0.156 e. The van der Waals surface area contributed by atoms with Gasteiger partial charge in [0.25, 0.3) is 0 Å². The molecule has 1 aliphatic rings. The first-order chi connectivity index (χ1) is 13.4. The number of rotatable bonds is 3. The molecule has 142 valence electrons. The number of benzene rings is 2. The normalized spacial score (nSPS) is 14.1. The molecule has 2 aromatic heterocycles. The molecule has 0 atom stereocenters. The summed E-state index contributed by atoms with van der Waals surface area (Å²) in [5, 5.41) is 0.